The molecule has 0 N–H and O–H groups in total. The minimum Gasteiger partial charge on any atom is -0.298 e. The third kappa shape index (κ3) is 2.23. The fourth-order valence-electron chi connectivity index (χ4n) is 2.08. The first-order valence-electron chi connectivity index (χ1n) is 5.89. The number of carbonyl (C=O) groups is 1. The van der Waals surface area contributed by atoms with Crippen LogP contribution >= 0.6 is 11.6 Å². The number of nitrogens with zero attached hydrogens (tertiary/aromatic N) is 1. The number of pyridine rings is 1. The molecule has 0 aliphatic heterocycles. The van der Waals surface area contributed by atoms with Crippen molar-refractivity contribution in [2.24, 2.45) is 0 Å². The molecule has 0 aliphatic carbocycles. The number of carbonyl (C=O) groups excluding carboxylic acids is 1. The third-order valence-electron chi connectivity index (χ3n) is 3.00. The van der Waals surface area contributed by atoms with Crippen molar-refractivity contribution in [2.75, 3.05) is 0 Å². The van der Waals surface area contributed by atoms with Gasteiger partial charge < -0.3 is 0 Å². The number of benzene rings is 2. The zero-order valence-electron chi connectivity index (χ0n) is 10.0. The highest BCUT2D eigenvalue weighted by Crippen LogP contribution is 2.25. The summed E-state index contributed by atoms with van der Waals surface area (Å²) in [5.41, 5.74) is 3.11. The Kier molecular flexibility index (Phi) is 3.02. The first kappa shape index (κ1) is 11.9. The first-order chi connectivity index (χ1) is 9.28. The molecule has 1 aromatic heterocycles. The van der Waals surface area contributed by atoms with Gasteiger partial charge in [0.2, 0.25) is 0 Å². The molecule has 0 saturated carbocycles. The Hall–Kier alpha value is -2.19. The standard InChI is InChI=1S/C16H10ClNO/c17-13-6-7-14-12(10-19)8-15(18-16(14)9-13)11-4-2-1-3-5-11/h1-10H. The van der Waals surface area contributed by atoms with E-state index in [1.807, 2.05) is 36.4 Å². The van der Waals surface area contributed by atoms with Gasteiger partial charge in [0.1, 0.15) is 0 Å². The maximum Gasteiger partial charge on any atom is 0.150 e. The van der Waals surface area contributed by atoms with E-state index in [1.54, 1.807) is 18.2 Å². The highest BCUT2D eigenvalue weighted by molar-refractivity contribution is 6.31. The summed E-state index contributed by atoms with van der Waals surface area (Å²) in [7, 11) is 0. The summed E-state index contributed by atoms with van der Waals surface area (Å²) in [5.74, 6) is 0. The van der Waals surface area contributed by atoms with Gasteiger partial charge in [0.25, 0.3) is 0 Å². The van der Waals surface area contributed by atoms with E-state index in [0.717, 1.165) is 28.4 Å². The minimum atomic E-state index is 0.613. The molecule has 0 spiro atoms. The van der Waals surface area contributed by atoms with Crippen molar-refractivity contribution in [1.82, 2.24) is 4.98 Å². The summed E-state index contributed by atoms with van der Waals surface area (Å²) in [5, 5.41) is 1.43. The monoisotopic (exact) mass is 267 g/mol. The molecule has 3 rings (SSSR count). The van der Waals surface area contributed by atoms with Gasteiger partial charge in [-0.1, -0.05) is 48.0 Å². The molecule has 2 nitrogen and oxygen atoms in total. The van der Waals surface area contributed by atoms with Gasteiger partial charge in [0, 0.05) is 21.5 Å². The Balaban J connectivity index is 2.30. The van der Waals surface area contributed by atoms with Crippen LogP contribution in [-0.4, -0.2) is 11.3 Å². The summed E-state index contributed by atoms with van der Waals surface area (Å²) >= 11 is 5.98. The number of fused-ring (bicyclic) bond motifs is 1. The molecular formula is C16H10ClNO. The predicted octanol–water partition coefficient (Wildman–Crippen LogP) is 4.37. The van der Waals surface area contributed by atoms with Gasteiger partial charge in [0.15, 0.2) is 6.29 Å². The fourth-order valence-corrected chi connectivity index (χ4v) is 2.25. The molecule has 0 radical (unpaired) electrons. The first-order valence-corrected chi connectivity index (χ1v) is 6.26. The second-order valence-electron chi connectivity index (χ2n) is 4.24. The Bertz CT molecular complexity index is 753. The number of hydrogen-bond acceptors (Lipinski definition) is 2. The van der Waals surface area contributed by atoms with Gasteiger partial charge in [-0.2, -0.15) is 0 Å². The van der Waals surface area contributed by atoms with Crippen molar-refractivity contribution in [1.29, 1.82) is 0 Å². The molecule has 0 aliphatic rings. The van der Waals surface area contributed by atoms with Gasteiger partial charge in [0.05, 0.1) is 11.2 Å². The predicted molar refractivity (Wildman–Crippen MR) is 77.6 cm³/mol. The van der Waals surface area contributed by atoms with Gasteiger partial charge in [-0.3, -0.25) is 4.79 Å². The van der Waals surface area contributed by atoms with E-state index in [-0.39, 0.29) is 0 Å². The summed E-state index contributed by atoms with van der Waals surface area (Å²) in [4.78, 5) is 15.8. The van der Waals surface area contributed by atoms with E-state index >= 15 is 0 Å². The number of aromatic nitrogens is 1. The zero-order chi connectivity index (χ0) is 13.2. The molecule has 0 unspecified atom stereocenters. The molecule has 3 aromatic rings. The molecular weight excluding hydrogens is 258 g/mol. The van der Waals surface area contributed by atoms with Crippen LogP contribution in [0.4, 0.5) is 0 Å². The Morgan fingerprint density at radius 2 is 1.79 bits per heavy atom. The van der Waals surface area contributed by atoms with Crippen LogP contribution < -0.4 is 0 Å². The number of rotatable bonds is 2. The highest BCUT2D eigenvalue weighted by Gasteiger charge is 2.07. The molecule has 0 saturated heterocycles. The van der Waals surface area contributed by atoms with Crippen molar-refractivity contribution >= 4 is 28.8 Å². The summed E-state index contributed by atoms with van der Waals surface area (Å²) < 4.78 is 0. The molecule has 19 heavy (non-hydrogen) atoms. The molecule has 0 fully saturated rings. The largest absolute Gasteiger partial charge is 0.298 e. The normalized spacial score (nSPS) is 10.6. The average Bonchev–Trinajstić information content (AvgIpc) is 2.46. The van der Waals surface area contributed by atoms with Crippen LogP contribution in [0, 0.1) is 0 Å². The van der Waals surface area contributed by atoms with Gasteiger partial charge in [-0.15, -0.1) is 0 Å². The van der Waals surface area contributed by atoms with Crippen LogP contribution in [0.25, 0.3) is 22.2 Å². The van der Waals surface area contributed by atoms with Crippen LogP contribution in [0.5, 0.6) is 0 Å². The maximum atomic E-state index is 11.2. The fraction of sp³-hybridized carbons (Fsp3) is 0. The third-order valence-corrected chi connectivity index (χ3v) is 3.24. The van der Waals surface area contributed by atoms with Crippen molar-refractivity contribution in [3.8, 4) is 11.3 Å². The maximum absolute atomic E-state index is 11.2. The molecule has 3 heteroatoms. The SMILES string of the molecule is O=Cc1cc(-c2ccccc2)nc2cc(Cl)ccc12. The molecule has 92 valence electrons. The van der Waals surface area contributed by atoms with Crippen molar-refractivity contribution < 1.29 is 4.79 Å². The molecule has 0 bridgehead atoms. The number of halogens is 1. The lowest BCUT2D eigenvalue weighted by Crippen LogP contribution is -1.91. The Morgan fingerprint density at radius 1 is 1.00 bits per heavy atom. The number of aldehydes is 1. The van der Waals surface area contributed by atoms with Crippen LogP contribution in [0.3, 0.4) is 0 Å². The van der Waals surface area contributed by atoms with Crippen molar-refractivity contribution in [3.05, 3.63) is 65.2 Å². The van der Waals surface area contributed by atoms with E-state index in [4.69, 9.17) is 11.6 Å². The average molecular weight is 268 g/mol. The molecule has 2 aromatic carbocycles. The van der Waals surface area contributed by atoms with Gasteiger partial charge in [-0.05, 0) is 18.2 Å². The van der Waals surface area contributed by atoms with Crippen molar-refractivity contribution in [3.63, 3.8) is 0 Å². The van der Waals surface area contributed by atoms with Gasteiger partial charge in [-0.25, -0.2) is 4.98 Å². The van der Waals surface area contributed by atoms with Crippen LogP contribution in [0.1, 0.15) is 10.4 Å². The lowest BCUT2D eigenvalue weighted by atomic mass is 10.1. The lowest BCUT2D eigenvalue weighted by Gasteiger charge is -2.06. The lowest BCUT2D eigenvalue weighted by molar-refractivity contribution is 0.112. The van der Waals surface area contributed by atoms with E-state index in [9.17, 15) is 4.79 Å². The Morgan fingerprint density at radius 3 is 2.53 bits per heavy atom. The molecule has 0 atom stereocenters. The van der Waals surface area contributed by atoms with E-state index < -0.39 is 0 Å². The smallest absolute Gasteiger partial charge is 0.150 e. The zero-order valence-corrected chi connectivity index (χ0v) is 10.8. The van der Waals surface area contributed by atoms with Crippen molar-refractivity contribution in [2.45, 2.75) is 0 Å². The van der Waals surface area contributed by atoms with Crippen LogP contribution in [-0.2, 0) is 0 Å². The van der Waals surface area contributed by atoms with E-state index in [2.05, 4.69) is 4.98 Å². The second-order valence-corrected chi connectivity index (χ2v) is 4.68. The quantitative estimate of drug-likeness (QED) is 0.646. The topological polar surface area (TPSA) is 30.0 Å². The van der Waals surface area contributed by atoms with Gasteiger partial charge >= 0.3 is 0 Å². The summed E-state index contributed by atoms with van der Waals surface area (Å²) in [6.07, 6.45) is 0.852. The minimum absolute atomic E-state index is 0.613. The second kappa shape index (κ2) is 4.82. The van der Waals surface area contributed by atoms with E-state index in [1.165, 1.54) is 0 Å². The summed E-state index contributed by atoms with van der Waals surface area (Å²) in [6, 6.07) is 16.9. The Labute approximate surface area is 115 Å². The van der Waals surface area contributed by atoms with Crippen LogP contribution in [0.15, 0.2) is 54.6 Å². The van der Waals surface area contributed by atoms with E-state index in [0.29, 0.717) is 10.6 Å². The van der Waals surface area contributed by atoms with Crippen LogP contribution in [0.2, 0.25) is 5.02 Å². The molecule has 1 heterocycles. The highest BCUT2D eigenvalue weighted by atomic mass is 35.5. The summed E-state index contributed by atoms with van der Waals surface area (Å²) in [6.45, 7) is 0. The number of hydrogen-bond donors (Lipinski definition) is 0. The molecule has 0 amide bonds.